The van der Waals surface area contributed by atoms with E-state index in [1.54, 1.807) is 14.0 Å². The molecule has 1 heterocycles. The predicted molar refractivity (Wildman–Crippen MR) is 128 cm³/mol. The van der Waals surface area contributed by atoms with Crippen molar-refractivity contribution in [2.45, 2.75) is 45.3 Å². The molecule has 0 aliphatic carbocycles. The molecule has 0 aliphatic heterocycles. The average molecular weight is 507 g/mol. The molecule has 0 fully saturated rings. The van der Waals surface area contributed by atoms with Crippen LogP contribution in [0.3, 0.4) is 0 Å². The minimum Gasteiger partial charge on any atom is -0.397 e. The highest BCUT2D eigenvalue weighted by atomic mass is 19.3. The zero-order valence-electron chi connectivity index (χ0n) is 19.8. The topological polar surface area (TPSA) is 65.4 Å². The Morgan fingerprint density at radius 3 is 2.50 bits per heavy atom. The van der Waals surface area contributed by atoms with E-state index in [1.807, 2.05) is 30.3 Å². The molecule has 192 valence electrons. The Morgan fingerprint density at radius 1 is 1.11 bits per heavy atom. The van der Waals surface area contributed by atoms with E-state index in [0.29, 0.717) is 16.9 Å². The van der Waals surface area contributed by atoms with Crippen LogP contribution < -0.4 is 5.73 Å². The summed E-state index contributed by atoms with van der Waals surface area (Å²) in [7, 11) is 1.56. The lowest BCUT2D eigenvalue weighted by atomic mass is 10.1. The van der Waals surface area contributed by atoms with Crippen molar-refractivity contribution in [1.29, 1.82) is 0 Å². The van der Waals surface area contributed by atoms with E-state index < -0.39 is 36.9 Å². The maximum atomic E-state index is 14.1. The zero-order chi connectivity index (χ0) is 26.2. The monoisotopic (exact) mass is 506 g/mol. The van der Waals surface area contributed by atoms with E-state index in [4.69, 9.17) is 10.5 Å². The number of allylic oxidation sites excluding steroid dienone is 2. The Hall–Kier alpha value is -3.53. The van der Waals surface area contributed by atoms with Crippen LogP contribution in [0, 0.1) is 5.82 Å². The number of benzene rings is 2. The normalized spacial score (nSPS) is 13.6. The fourth-order valence-corrected chi connectivity index (χ4v) is 3.55. The number of hydrogen-bond donors (Lipinski definition) is 1. The van der Waals surface area contributed by atoms with Gasteiger partial charge in [-0.05, 0) is 42.8 Å². The van der Waals surface area contributed by atoms with Gasteiger partial charge in [0.15, 0.2) is 0 Å². The highest BCUT2D eigenvalue weighted by molar-refractivity contribution is 5.98. The first kappa shape index (κ1) is 27.1. The van der Waals surface area contributed by atoms with Gasteiger partial charge in [0.1, 0.15) is 5.82 Å². The largest absolute Gasteiger partial charge is 0.397 e. The average Bonchev–Trinajstić information content (AvgIpc) is 3.16. The molecular formula is C26H27F5N4O. The summed E-state index contributed by atoms with van der Waals surface area (Å²) < 4.78 is 73.4. The molecular weight excluding hydrogens is 479 g/mol. The molecule has 0 bridgehead atoms. The summed E-state index contributed by atoms with van der Waals surface area (Å²) in [5, 5.41) is 4.05. The van der Waals surface area contributed by atoms with Crippen molar-refractivity contribution in [3.63, 3.8) is 0 Å². The molecule has 3 rings (SSSR count). The minimum absolute atomic E-state index is 0.0176. The lowest BCUT2D eigenvalue weighted by molar-refractivity contribution is 0.0527. The minimum atomic E-state index is -2.92. The van der Waals surface area contributed by atoms with Crippen LogP contribution in [0.2, 0.25) is 0 Å². The van der Waals surface area contributed by atoms with Gasteiger partial charge in [0, 0.05) is 30.4 Å². The Labute approximate surface area is 206 Å². The summed E-state index contributed by atoms with van der Waals surface area (Å²) >= 11 is 0. The van der Waals surface area contributed by atoms with Crippen molar-refractivity contribution in [3.05, 3.63) is 94.7 Å². The van der Waals surface area contributed by atoms with Gasteiger partial charge in [-0.3, -0.25) is 9.67 Å². The Bertz CT molecular complexity index is 1210. The van der Waals surface area contributed by atoms with Gasteiger partial charge in [-0.1, -0.05) is 30.3 Å². The molecule has 0 amide bonds. The summed E-state index contributed by atoms with van der Waals surface area (Å²) in [6, 6.07) is 14.8. The lowest BCUT2D eigenvalue weighted by Gasteiger charge is -2.16. The first-order valence-electron chi connectivity index (χ1n) is 11.2. The van der Waals surface area contributed by atoms with E-state index in [2.05, 4.69) is 10.1 Å². The summed E-state index contributed by atoms with van der Waals surface area (Å²) in [4.78, 5) is 4.50. The van der Waals surface area contributed by atoms with Gasteiger partial charge in [-0.2, -0.15) is 5.10 Å². The van der Waals surface area contributed by atoms with Crippen LogP contribution in [-0.2, 0) is 31.2 Å². The van der Waals surface area contributed by atoms with Gasteiger partial charge >= 0.3 is 0 Å². The van der Waals surface area contributed by atoms with E-state index in [-0.39, 0.29) is 24.4 Å². The second kappa shape index (κ2) is 12.4. The molecule has 0 radical (unpaired) electrons. The number of rotatable bonds is 11. The van der Waals surface area contributed by atoms with Crippen LogP contribution in [0.5, 0.6) is 0 Å². The fourth-order valence-electron chi connectivity index (χ4n) is 3.55. The standard InChI is InChI=1S/C26H27F5N4O/c1-16(36-15-17-6-4-3-5-7-17)22-10-18(27)8-9-24(22)33-19(13-23(32)26(30)31)11-21-12-20(14-25(28)29)34-35(21)2/h3-10,12-13,16,25-26H,11,14-15,32H2,1-2H3/t16-/m1/s1. The number of aliphatic imine (C=N–C) groups is 1. The third kappa shape index (κ3) is 7.74. The molecule has 0 unspecified atom stereocenters. The molecule has 10 heteroatoms. The third-order valence-corrected chi connectivity index (χ3v) is 5.37. The molecule has 3 aromatic rings. The van der Waals surface area contributed by atoms with Crippen LogP contribution in [-0.4, -0.2) is 28.3 Å². The summed E-state index contributed by atoms with van der Waals surface area (Å²) in [6.07, 6.45) is -5.59. The maximum absolute atomic E-state index is 14.1. The molecule has 1 aromatic heterocycles. The molecule has 0 saturated carbocycles. The number of ether oxygens (including phenoxy) is 1. The zero-order valence-corrected chi connectivity index (χ0v) is 19.8. The Balaban J connectivity index is 1.95. The molecule has 0 aliphatic rings. The first-order valence-corrected chi connectivity index (χ1v) is 11.2. The first-order chi connectivity index (χ1) is 17.1. The summed E-state index contributed by atoms with van der Waals surface area (Å²) in [5.41, 5.74) is 7.19. The van der Waals surface area contributed by atoms with Gasteiger partial charge in [-0.15, -0.1) is 0 Å². The van der Waals surface area contributed by atoms with E-state index in [9.17, 15) is 22.0 Å². The van der Waals surface area contributed by atoms with E-state index in [1.165, 1.54) is 28.9 Å². The van der Waals surface area contributed by atoms with Gasteiger partial charge in [0.05, 0.1) is 36.2 Å². The maximum Gasteiger partial charge on any atom is 0.277 e. The van der Waals surface area contributed by atoms with E-state index in [0.717, 1.165) is 11.6 Å². The molecule has 2 N–H and O–H groups in total. The number of hydrogen-bond acceptors (Lipinski definition) is 4. The van der Waals surface area contributed by atoms with Crippen LogP contribution in [0.15, 0.2) is 71.4 Å². The number of halogens is 5. The van der Waals surface area contributed by atoms with Gasteiger partial charge in [0.2, 0.25) is 6.43 Å². The number of alkyl halides is 4. The van der Waals surface area contributed by atoms with Crippen molar-refractivity contribution in [3.8, 4) is 0 Å². The van der Waals surface area contributed by atoms with Crippen LogP contribution in [0.4, 0.5) is 27.6 Å². The van der Waals surface area contributed by atoms with Crippen LogP contribution >= 0.6 is 0 Å². The van der Waals surface area contributed by atoms with Crippen molar-refractivity contribution in [2.24, 2.45) is 17.8 Å². The second-order valence-corrected chi connectivity index (χ2v) is 8.21. The van der Waals surface area contributed by atoms with Crippen molar-refractivity contribution in [2.75, 3.05) is 0 Å². The lowest BCUT2D eigenvalue weighted by Crippen LogP contribution is -2.13. The third-order valence-electron chi connectivity index (χ3n) is 5.37. The highest BCUT2D eigenvalue weighted by Crippen LogP contribution is 2.30. The fraction of sp³-hybridized carbons (Fsp3) is 0.308. The second-order valence-electron chi connectivity index (χ2n) is 8.21. The Kier molecular flexibility index (Phi) is 9.35. The number of nitrogens with two attached hydrogens (primary N) is 1. The SMILES string of the molecule is C[C@@H](OCc1ccccc1)c1cc(F)ccc1N=C(C=C(N)C(F)F)Cc1cc(CC(F)F)nn1C. The molecule has 36 heavy (non-hydrogen) atoms. The number of aryl methyl sites for hydroxylation is 1. The van der Waals surface area contributed by atoms with E-state index >= 15 is 0 Å². The highest BCUT2D eigenvalue weighted by Gasteiger charge is 2.17. The van der Waals surface area contributed by atoms with Crippen molar-refractivity contribution < 1.29 is 26.7 Å². The van der Waals surface area contributed by atoms with Gasteiger partial charge in [0.25, 0.3) is 6.43 Å². The van der Waals surface area contributed by atoms with Crippen molar-refractivity contribution in [1.82, 2.24) is 9.78 Å². The molecule has 0 spiro atoms. The summed E-state index contributed by atoms with van der Waals surface area (Å²) in [6.45, 7) is 2.01. The Morgan fingerprint density at radius 2 is 1.83 bits per heavy atom. The van der Waals surface area contributed by atoms with Crippen molar-refractivity contribution >= 4 is 11.4 Å². The molecule has 2 aromatic carbocycles. The number of aromatic nitrogens is 2. The quantitative estimate of drug-likeness (QED) is 0.254. The van der Waals surface area contributed by atoms with Gasteiger partial charge in [-0.25, -0.2) is 22.0 Å². The van der Waals surface area contributed by atoms with Crippen LogP contribution in [0.25, 0.3) is 0 Å². The molecule has 5 nitrogen and oxygen atoms in total. The predicted octanol–water partition coefficient (Wildman–Crippen LogP) is 6.07. The number of nitrogens with zero attached hydrogens (tertiary/aromatic N) is 3. The van der Waals surface area contributed by atoms with Gasteiger partial charge < -0.3 is 10.5 Å². The molecule has 0 saturated heterocycles. The summed E-state index contributed by atoms with van der Waals surface area (Å²) in [5.74, 6) is -0.508. The smallest absolute Gasteiger partial charge is 0.277 e. The molecule has 1 atom stereocenters. The van der Waals surface area contributed by atoms with Crippen LogP contribution in [0.1, 0.15) is 35.5 Å².